The van der Waals surface area contributed by atoms with Gasteiger partial charge < -0.3 is 9.84 Å². The van der Waals surface area contributed by atoms with E-state index in [-0.39, 0.29) is 17.4 Å². The number of hydrogen-bond acceptors (Lipinski definition) is 6. The van der Waals surface area contributed by atoms with Crippen molar-refractivity contribution in [3.8, 4) is 28.6 Å². The van der Waals surface area contributed by atoms with E-state index >= 15 is 0 Å². The Kier molecular flexibility index (Phi) is 9.67. The van der Waals surface area contributed by atoms with Crippen LogP contribution >= 0.6 is 68.5 Å². The smallest absolute Gasteiger partial charge is 0.342 e. The molecule has 8 nitrogen and oxygen atoms in total. The number of nitrogens with zero attached hydrogens (tertiary/aromatic N) is 3. The second kappa shape index (κ2) is 12.9. The van der Waals surface area contributed by atoms with E-state index in [1.165, 1.54) is 18.0 Å². The number of phenolic OH excluding ortho intramolecular Hbond substituents is 1. The maximum Gasteiger partial charge on any atom is 0.342 e. The molecule has 0 bridgehead atoms. The number of carbonyl (C=O) groups is 1. The summed E-state index contributed by atoms with van der Waals surface area (Å²) in [5.74, 6) is 1.40. The molecule has 1 heterocycles. The zero-order valence-corrected chi connectivity index (χ0v) is 25.3. The molecular formula is C25H21ClI2N5O3S+. The average Bonchev–Trinajstić information content (AvgIpc) is 3.30. The van der Waals surface area contributed by atoms with Gasteiger partial charge in [-0.25, -0.2) is 5.43 Å². The third kappa shape index (κ3) is 7.15. The lowest BCUT2D eigenvalue weighted by Gasteiger charge is -2.07. The molecule has 0 atom stereocenters. The third-order valence-electron chi connectivity index (χ3n) is 4.98. The fourth-order valence-electron chi connectivity index (χ4n) is 3.31. The predicted octanol–water partition coefficient (Wildman–Crippen LogP) is 5.56. The van der Waals surface area contributed by atoms with Crippen LogP contribution < -0.4 is 14.7 Å². The maximum absolute atomic E-state index is 12.5. The number of hydrogen-bond donors (Lipinski definition) is 3. The number of halogens is 3. The van der Waals surface area contributed by atoms with Crippen molar-refractivity contribution < 1.29 is 19.2 Å². The molecule has 3 N–H and O–H groups in total. The van der Waals surface area contributed by atoms with Gasteiger partial charge >= 0.3 is 5.16 Å². The van der Waals surface area contributed by atoms with Crippen LogP contribution in [0, 0.1) is 7.14 Å². The number of ether oxygens (including phenoxy) is 1. The number of aromatic hydroxyl groups is 1. The average molecular weight is 761 g/mol. The Morgan fingerprint density at radius 3 is 2.65 bits per heavy atom. The molecule has 4 aromatic rings. The highest BCUT2D eigenvalue weighted by Gasteiger charge is 2.24. The van der Waals surface area contributed by atoms with E-state index in [0.29, 0.717) is 25.9 Å². The van der Waals surface area contributed by atoms with Gasteiger partial charge in [0.2, 0.25) is 0 Å². The molecule has 0 unspecified atom stereocenters. The van der Waals surface area contributed by atoms with Crippen LogP contribution in [0.25, 0.3) is 17.1 Å². The molecule has 4 rings (SSSR count). The summed E-state index contributed by atoms with van der Waals surface area (Å²) < 4.78 is 9.17. The van der Waals surface area contributed by atoms with Crippen molar-refractivity contribution in [3.63, 3.8) is 0 Å². The second-order valence-corrected chi connectivity index (χ2v) is 11.3. The Balaban J connectivity index is 1.52. The summed E-state index contributed by atoms with van der Waals surface area (Å²) in [7, 11) is 0. The Labute approximate surface area is 250 Å². The van der Waals surface area contributed by atoms with Crippen molar-refractivity contribution in [2.24, 2.45) is 5.10 Å². The first-order valence-corrected chi connectivity index (χ1v) is 14.5. The summed E-state index contributed by atoms with van der Waals surface area (Å²) in [6.07, 6.45) is 1.43. The zero-order valence-electron chi connectivity index (χ0n) is 19.4. The molecule has 3 aromatic carbocycles. The van der Waals surface area contributed by atoms with Crippen molar-refractivity contribution in [2.45, 2.75) is 12.1 Å². The van der Waals surface area contributed by atoms with Gasteiger partial charge in [0.05, 0.1) is 32.8 Å². The molecular weight excluding hydrogens is 740 g/mol. The summed E-state index contributed by atoms with van der Waals surface area (Å²) in [5.41, 5.74) is 4.77. The highest BCUT2D eigenvalue weighted by atomic mass is 127. The van der Waals surface area contributed by atoms with Crippen LogP contribution in [0.1, 0.15) is 12.5 Å². The van der Waals surface area contributed by atoms with Gasteiger partial charge in [-0.15, -0.1) is 5.10 Å². The topological polar surface area (TPSA) is 103 Å². The monoisotopic (exact) mass is 760 g/mol. The molecule has 1 amide bonds. The van der Waals surface area contributed by atoms with Gasteiger partial charge in [0.25, 0.3) is 11.7 Å². The fraction of sp³-hybridized carbons (Fsp3) is 0.120. The summed E-state index contributed by atoms with van der Waals surface area (Å²) in [4.78, 5) is 12.5. The van der Waals surface area contributed by atoms with Crippen LogP contribution in [0.2, 0.25) is 5.02 Å². The molecule has 0 aliphatic carbocycles. The molecule has 0 spiro atoms. The molecule has 0 fully saturated rings. The predicted molar refractivity (Wildman–Crippen MR) is 162 cm³/mol. The van der Waals surface area contributed by atoms with Gasteiger partial charge in [-0.2, -0.15) is 9.67 Å². The van der Waals surface area contributed by atoms with Crippen molar-refractivity contribution >= 4 is 80.7 Å². The van der Waals surface area contributed by atoms with Gasteiger partial charge in [-0.05, 0) is 125 Å². The van der Waals surface area contributed by atoms with E-state index in [1.54, 1.807) is 6.07 Å². The van der Waals surface area contributed by atoms with Crippen molar-refractivity contribution in [1.29, 1.82) is 0 Å². The summed E-state index contributed by atoms with van der Waals surface area (Å²) in [6, 6.07) is 18.7. The van der Waals surface area contributed by atoms with E-state index in [2.05, 4.69) is 43.3 Å². The van der Waals surface area contributed by atoms with Gasteiger partial charge in [0.15, 0.2) is 0 Å². The normalized spacial score (nSPS) is 11.1. The fourth-order valence-corrected chi connectivity index (χ4v) is 6.09. The number of H-pyrrole nitrogens is 1. The van der Waals surface area contributed by atoms with E-state index in [9.17, 15) is 9.90 Å². The Hall–Kier alpha value is -2.36. The number of thioether (sulfide) groups is 1. The number of aromatic amines is 1. The number of nitrogens with one attached hydrogen (secondary N) is 2. The molecule has 0 saturated heterocycles. The highest BCUT2D eigenvalue weighted by Crippen LogP contribution is 2.26. The quantitative estimate of drug-likeness (QED) is 0.0682. The highest BCUT2D eigenvalue weighted by molar-refractivity contribution is 14.1. The van der Waals surface area contributed by atoms with Crippen LogP contribution in [0.5, 0.6) is 11.5 Å². The number of hydrazone groups is 1. The molecule has 37 heavy (non-hydrogen) atoms. The van der Waals surface area contributed by atoms with Crippen LogP contribution in [0.3, 0.4) is 0 Å². The standard InChI is InChI=1S/C25H20ClI2N5O3S/c1-2-36-20-9-7-19(8-10-20)33-24(15-3-5-17(26)6-4-15)31-32-25(33)37-14-22(34)30-29-13-16-11-18(27)12-21(28)23(16)35/h3-13H,2,14H2,1H3,(H2,29,30,34,35)/p+1. The van der Waals surface area contributed by atoms with E-state index in [1.807, 2.05) is 88.7 Å². The van der Waals surface area contributed by atoms with Gasteiger partial charge in [-0.3, -0.25) is 4.79 Å². The van der Waals surface area contributed by atoms with E-state index in [4.69, 9.17) is 16.3 Å². The Morgan fingerprint density at radius 1 is 1.22 bits per heavy atom. The zero-order chi connectivity index (χ0) is 26.4. The molecule has 1 aromatic heterocycles. The van der Waals surface area contributed by atoms with Crippen molar-refractivity contribution in [3.05, 3.63) is 78.4 Å². The number of rotatable bonds is 9. The molecule has 0 saturated carbocycles. The van der Waals surface area contributed by atoms with E-state index in [0.717, 1.165) is 26.4 Å². The molecule has 190 valence electrons. The third-order valence-corrected chi connectivity index (χ3v) is 7.61. The first kappa shape index (κ1) is 27.7. The summed E-state index contributed by atoms with van der Waals surface area (Å²) in [6.45, 7) is 2.51. The first-order valence-electron chi connectivity index (χ1n) is 11.0. The van der Waals surface area contributed by atoms with Gasteiger partial charge in [-0.1, -0.05) is 11.6 Å². The van der Waals surface area contributed by atoms with Crippen LogP contribution in [-0.4, -0.2) is 39.8 Å². The lowest BCUT2D eigenvalue weighted by atomic mass is 10.2. The number of benzene rings is 3. The number of phenols is 1. The van der Waals surface area contributed by atoms with Crippen LogP contribution in [-0.2, 0) is 4.79 Å². The second-order valence-electron chi connectivity index (χ2n) is 7.53. The molecule has 0 aliphatic rings. The lowest BCUT2D eigenvalue weighted by Crippen LogP contribution is -2.34. The van der Waals surface area contributed by atoms with Gasteiger partial charge in [0.1, 0.15) is 17.2 Å². The SMILES string of the molecule is CCOc1ccc(-[n+]2c(SCC(=O)N/N=C/c3cc(I)cc(I)c3O)n[nH]c2-c2ccc(Cl)cc2)cc1. The summed E-state index contributed by atoms with van der Waals surface area (Å²) >= 11 is 11.5. The van der Waals surface area contributed by atoms with Crippen molar-refractivity contribution in [1.82, 2.24) is 15.6 Å². The molecule has 0 radical (unpaired) electrons. The number of carbonyl (C=O) groups excluding carboxylic acids is 1. The van der Waals surface area contributed by atoms with Crippen molar-refractivity contribution in [2.75, 3.05) is 12.4 Å². The van der Waals surface area contributed by atoms with Crippen LogP contribution in [0.15, 0.2) is 70.9 Å². The van der Waals surface area contributed by atoms with Gasteiger partial charge in [0, 0.05) is 14.2 Å². The minimum atomic E-state index is -0.310. The van der Waals surface area contributed by atoms with Crippen LogP contribution in [0.4, 0.5) is 0 Å². The Morgan fingerprint density at radius 2 is 1.95 bits per heavy atom. The lowest BCUT2D eigenvalue weighted by molar-refractivity contribution is -0.625. The molecule has 0 aliphatic heterocycles. The number of aromatic nitrogens is 3. The summed E-state index contributed by atoms with van der Waals surface area (Å²) in [5, 5.41) is 23.0. The van der Waals surface area contributed by atoms with E-state index < -0.39 is 0 Å². The largest absolute Gasteiger partial charge is 0.506 e. The maximum atomic E-state index is 12.5. The first-order chi connectivity index (χ1) is 17.9. The molecule has 12 heteroatoms. The minimum absolute atomic E-state index is 0.0785. The minimum Gasteiger partial charge on any atom is -0.506 e. The Bertz CT molecular complexity index is 1430. The number of amides is 1.